The number of likely N-dealkylation sites (tertiary alicyclic amines) is 1. The van der Waals surface area contributed by atoms with E-state index < -0.39 is 0 Å². The van der Waals surface area contributed by atoms with Gasteiger partial charge in [-0.3, -0.25) is 4.79 Å². The predicted molar refractivity (Wildman–Crippen MR) is 87.6 cm³/mol. The summed E-state index contributed by atoms with van der Waals surface area (Å²) in [4.78, 5) is 14.6. The molecule has 0 spiro atoms. The number of hydrogen-bond donors (Lipinski definition) is 0. The lowest BCUT2D eigenvalue weighted by Crippen LogP contribution is -2.33. The van der Waals surface area contributed by atoms with E-state index in [-0.39, 0.29) is 24.3 Å². The second kappa shape index (κ2) is 6.03. The molecule has 24 heavy (non-hydrogen) atoms. The fraction of sp³-hybridized carbons (Fsp3) is 0.278. The van der Waals surface area contributed by atoms with Gasteiger partial charge in [-0.2, -0.15) is 0 Å². The maximum Gasteiger partial charge on any atom is 0.244 e. The Morgan fingerprint density at radius 3 is 2.96 bits per heavy atom. The van der Waals surface area contributed by atoms with E-state index in [1.54, 1.807) is 10.7 Å². The summed E-state index contributed by atoms with van der Waals surface area (Å²) in [5.41, 5.74) is 2.46. The van der Waals surface area contributed by atoms with Crippen LogP contribution in [0, 0.1) is 5.82 Å². The third-order valence-corrected chi connectivity index (χ3v) is 4.51. The van der Waals surface area contributed by atoms with Crippen molar-refractivity contribution in [1.82, 2.24) is 19.9 Å². The van der Waals surface area contributed by atoms with E-state index in [2.05, 4.69) is 10.3 Å². The van der Waals surface area contributed by atoms with Crippen molar-refractivity contribution in [2.24, 2.45) is 0 Å². The number of nitrogens with zero attached hydrogens (tertiary/aromatic N) is 4. The van der Waals surface area contributed by atoms with Crippen molar-refractivity contribution in [3.63, 3.8) is 0 Å². The Hall–Kier alpha value is -2.76. The molecule has 1 amide bonds. The van der Waals surface area contributed by atoms with E-state index in [4.69, 9.17) is 0 Å². The van der Waals surface area contributed by atoms with Crippen molar-refractivity contribution in [1.29, 1.82) is 0 Å². The molecule has 1 saturated heterocycles. The summed E-state index contributed by atoms with van der Waals surface area (Å²) in [6.07, 6.45) is 1.78. The van der Waals surface area contributed by atoms with Gasteiger partial charge in [-0.25, -0.2) is 9.07 Å². The van der Waals surface area contributed by atoms with Crippen molar-refractivity contribution in [3.05, 3.63) is 59.9 Å². The molecule has 2 heterocycles. The van der Waals surface area contributed by atoms with Crippen molar-refractivity contribution < 1.29 is 9.18 Å². The Kier molecular flexibility index (Phi) is 3.72. The van der Waals surface area contributed by atoms with E-state index in [9.17, 15) is 9.18 Å². The molecular formula is C18H17FN4O. The first-order valence-corrected chi connectivity index (χ1v) is 8.05. The lowest BCUT2D eigenvalue weighted by atomic mass is 10.0. The highest BCUT2D eigenvalue weighted by molar-refractivity contribution is 5.80. The Labute approximate surface area is 138 Å². The number of carbonyl (C=O) groups is 1. The summed E-state index contributed by atoms with van der Waals surface area (Å²) >= 11 is 0. The van der Waals surface area contributed by atoms with Gasteiger partial charge in [-0.1, -0.05) is 29.5 Å². The molecule has 1 unspecified atom stereocenters. The minimum Gasteiger partial charge on any atom is -0.334 e. The van der Waals surface area contributed by atoms with Gasteiger partial charge in [-0.15, -0.1) is 5.10 Å². The van der Waals surface area contributed by atoms with Crippen LogP contribution >= 0.6 is 0 Å². The number of carbonyl (C=O) groups excluding carboxylic acids is 1. The van der Waals surface area contributed by atoms with E-state index in [1.165, 1.54) is 12.1 Å². The van der Waals surface area contributed by atoms with Gasteiger partial charge >= 0.3 is 0 Å². The van der Waals surface area contributed by atoms with E-state index in [1.807, 2.05) is 35.2 Å². The minimum absolute atomic E-state index is 0.0163. The number of fused-ring (bicyclic) bond motifs is 1. The molecule has 122 valence electrons. The fourth-order valence-corrected chi connectivity index (χ4v) is 3.38. The van der Waals surface area contributed by atoms with Gasteiger partial charge in [0.25, 0.3) is 0 Å². The van der Waals surface area contributed by atoms with Crippen molar-refractivity contribution in [3.8, 4) is 0 Å². The molecule has 6 heteroatoms. The van der Waals surface area contributed by atoms with Crippen LogP contribution in [0.25, 0.3) is 11.0 Å². The number of aromatic nitrogens is 3. The second-order valence-corrected chi connectivity index (χ2v) is 6.04. The van der Waals surface area contributed by atoms with Crippen molar-refractivity contribution >= 4 is 16.9 Å². The summed E-state index contributed by atoms with van der Waals surface area (Å²) in [6, 6.07) is 14.0. The first kappa shape index (κ1) is 14.8. The van der Waals surface area contributed by atoms with Crippen molar-refractivity contribution in [2.75, 3.05) is 6.54 Å². The number of benzene rings is 2. The molecule has 5 nitrogen and oxygen atoms in total. The molecule has 0 bridgehead atoms. The van der Waals surface area contributed by atoms with Crippen LogP contribution < -0.4 is 0 Å². The first-order chi connectivity index (χ1) is 11.7. The van der Waals surface area contributed by atoms with Crippen LogP contribution in [0.2, 0.25) is 0 Å². The normalized spacial score (nSPS) is 17.5. The van der Waals surface area contributed by atoms with Crippen molar-refractivity contribution in [2.45, 2.75) is 25.4 Å². The first-order valence-electron chi connectivity index (χ1n) is 8.05. The SMILES string of the molecule is O=C(Cn1nnc2ccccc21)N1CCCC1c1cccc(F)c1. The number of para-hydroxylation sites is 1. The molecule has 3 aromatic rings. The van der Waals surface area contributed by atoms with Gasteiger partial charge in [0, 0.05) is 6.54 Å². The van der Waals surface area contributed by atoms with Crippen LogP contribution in [0.3, 0.4) is 0 Å². The van der Waals surface area contributed by atoms with Crippen LogP contribution in [0.1, 0.15) is 24.4 Å². The average molecular weight is 324 g/mol. The zero-order valence-electron chi connectivity index (χ0n) is 13.1. The molecule has 2 aromatic carbocycles. The second-order valence-electron chi connectivity index (χ2n) is 6.04. The Balaban J connectivity index is 1.57. The zero-order valence-corrected chi connectivity index (χ0v) is 13.1. The third kappa shape index (κ3) is 2.64. The van der Waals surface area contributed by atoms with Gasteiger partial charge in [0.1, 0.15) is 17.9 Å². The Morgan fingerprint density at radius 2 is 2.08 bits per heavy atom. The van der Waals surface area contributed by atoms with Gasteiger partial charge < -0.3 is 4.90 Å². The molecule has 1 aliphatic rings. The van der Waals surface area contributed by atoms with Gasteiger partial charge in [0.2, 0.25) is 5.91 Å². The summed E-state index contributed by atoms with van der Waals surface area (Å²) < 4.78 is 15.1. The fourth-order valence-electron chi connectivity index (χ4n) is 3.38. The molecule has 0 N–H and O–H groups in total. The third-order valence-electron chi connectivity index (χ3n) is 4.51. The van der Waals surface area contributed by atoms with E-state index in [0.29, 0.717) is 6.54 Å². The van der Waals surface area contributed by atoms with Crippen LogP contribution in [0.5, 0.6) is 0 Å². The van der Waals surface area contributed by atoms with Gasteiger partial charge in [0.15, 0.2) is 0 Å². The lowest BCUT2D eigenvalue weighted by Gasteiger charge is -2.25. The highest BCUT2D eigenvalue weighted by Crippen LogP contribution is 2.32. The molecule has 0 saturated carbocycles. The van der Waals surface area contributed by atoms with Crippen LogP contribution in [-0.2, 0) is 11.3 Å². The standard InChI is InChI=1S/C18H17FN4O/c19-14-6-3-5-13(11-14)16-9-4-10-22(16)18(24)12-23-17-8-2-1-7-15(17)20-21-23/h1-3,5-8,11,16H,4,9-10,12H2. The smallest absolute Gasteiger partial charge is 0.244 e. The molecule has 4 rings (SSSR count). The van der Waals surface area contributed by atoms with Gasteiger partial charge in [-0.05, 0) is 42.7 Å². The number of hydrogen-bond acceptors (Lipinski definition) is 3. The number of rotatable bonds is 3. The zero-order chi connectivity index (χ0) is 16.5. The summed E-state index contributed by atoms with van der Waals surface area (Å²) in [7, 11) is 0. The Bertz CT molecular complexity index is 891. The average Bonchev–Trinajstić information content (AvgIpc) is 3.22. The van der Waals surface area contributed by atoms with Crippen LogP contribution in [-0.4, -0.2) is 32.3 Å². The molecule has 1 fully saturated rings. The van der Waals surface area contributed by atoms with Crippen LogP contribution in [0.4, 0.5) is 4.39 Å². The topological polar surface area (TPSA) is 51.0 Å². The van der Waals surface area contributed by atoms with Crippen LogP contribution in [0.15, 0.2) is 48.5 Å². The summed E-state index contributed by atoms with van der Waals surface area (Å²) in [6.45, 7) is 0.832. The molecule has 0 radical (unpaired) electrons. The van der Waals surface area contributed by atoms with Gasteiger partial charge in [0.05, 0.1) is 11.6 Å². The quantitative estimate of drug-likeness (QED) is 0.744. The van der Waals surface area contributed by atoms with E-state index >= 15 is 0 Å². The summed E-state index contributed by atoms with van der Waals surface area (Å²) in [5, 5.41) is 8.16. The lowest BCUT2D eigenvalue weighted by molar-refractivity contribution is -0.132. The minimum atomic E-state index is -0.269. The Morgan fingerprint density at radius 1 is 1.21 bits per heavy atom. The predicted octanol–water partition coefficient (Wildman–Crippen LogP) is 2.93. The highest BCUT2D eigenvalue weighted by Gasteiger charge is 2.30. The highest BCUT2D eigenvalue weighted by atomic mass is 19.1. The molecule has 1 aromatic heterocycles. The monoisotopic (exact) mass is 324 g/mol. The van der Waals surface area contributed by atoms with E-state index in [0.717, 1.165) is 29.4 Å². The number of amides is 1. The number of halogens is 1. The maximum absolute atomic E-state index is 13.5. The molecule has 1 atom stereocenters. The molecule has 1 aliphatic heterocycles. The maximum atomic E-state index is 13.5. The summed E-state index contributed by atoms with van der Waals surface area (Å²) in [5.74, 6) is -0.286. The molecular weight excluding hydrogens is 307 g/mol. The molecule has 0 aliphatic carbocycles. The largest absolute Gasteiger partial charge is 0.334 e.